The average Bonchev–Trinajstić information content (AvgIpc) is 3.06. The summed E-state index contributed by atoms with van der Waals surface area (Å²) in [6, 6.07) is 3.66. The highest BCUT2D eigenvalue weighted by Gasteiger charge is 2.22. The number of hydrogen-bond acceptors (Lipinski definition) is 8. The van der Waals surface area contributed by atoms with Gasteiger partial charge in [-0.1, -0.05) is 0 Å². The van der Waals surface area contributed by atoms with Gasteiger partial charge >= 0.3 is 6.03 Å². The van der Waals surface area contributed by atoms with Crippen LogP contribution in [0, 0.1) is 6.92 Å². The van der Waals surface area contributed by atoms with Crippen molar-refractivity contribution in [3.8, 4) is 0 Å². The normalized spacial score (nSPS) is 11.2. The van der Waals surface area contributed by atoms with Crippen molar-refractivity contribution in [2.75, 3.05) is 32.3 Å². The summed E-state index contributed by atoms with van der Waals surface area (Å²) in [5.41, 5.74) is 0.923. The first-order chi connectivity index (χ1) is 13.7. The molecule has 0 bridgehead atoms. The van der Waals surface area contributed by atoms with E-state index in [1.165, 1.54) is 24.9 Å². The van der Waals surface area contributed by atoms with E-state index in [1.54, 1.807) is 32.4 Å². The Labute approximate surface area is 177 Å². The van der Waals surface area contributed by atoms with Gasteiger partial charge < -0.3 is 10.1 Å². The number of urea groups is 1. The molecule has 3 amide bonds. The van der Waals surface area contributed by atoms with E-state index in [-0.39, 0.29) is 15.7 Å². The molecule has 158 valence electrons. The standard InChI is InChI=1S/C17H22N4O5S3/c1-10-7-15(28-13(10)5-6-26-3)29(24,25)21-17(23)20-14-9-11(27-4)8-12(19-14)16(22)18-2/h7-9H,5-6H2,1-4H3,(H,18,22)(H2,19,20,21,23). The second-order valence-electron chi connectivity index (χ2n) is 5.83. The number of amides is 3. The van der Waals surface area contributed by atoms with Gasteiger partial charge in [-0.15, -0.1) is 23.1 Å². The van der Waals surface area contributed by atoms with Gasteiger partial charge in [0.2, 0.25) is 0 Å². The lowest BCUT2D eigenvalue weighted by atomic mass is 10.2. The average molecular weight is 459 g/mol. The minimum atomic E-state index is -4.05. The summed E-state index contributed by atoms with van der Waals surface area (Å²) in [7, 11) is -1.01. The zero-order valence-electron chi connectivity index (χ0n) is 16.4. The van der Waals surface area contributed by atoms with Crippen molar-refractivity contribution >= 4 is 50.9 Å². The molecule has 0 aliphatic heterocycles. The molecule has 0 atom stereocenters. The Morgan fingerprint density at radius 2 is 2.00 bits per heavy atom. The SMILES string of the molecule is CNC(=O)c1cc(SC)cc(NC(=O)NS(=O)(=O)c2cc(C)c(CCOC)s2)n1. The Morgan fingerprint density at radius 1 is 1.28 bits per heavy atom. The van der Waals surface area contributed by atoms with E-state index in [9.17, 15) is 18.0 Å². The molecule has 12 heteroatoms. The van der Waals surface area contributed by atoms with Crippen LogP contribution in [0.5, 0.6) is 0 Å². The van der Waals surface area contributed by atoms with Crippen molar-refractivity contribution in [2.24, 2.45) is 0 Å². The highest BCUT2D eigenvalue weighted by Crippen LogP contribution is 2.26. The van der Waals surface area contributed by atoms with E-state index in [0.29, 0.717) is 17.9 Å². The molecular weight excluding hydrogens is 436 g/mol. The minimum absolute atomic E-state index is 0.0353. The topological polar surface area (TPSA) is 126 Å². The van der Waals surface area contributed by atoms with E-state index in [1.807, 2.05) is 4.72 Å². The third-order valence-corrected chi connectivity index (χ3v) is 7.57. The third-order valence-electron chi connectivity index (χ3n) is 3.76. The number of sulfonamides is 1. The molecule has 2 aromatic heterocycles. The van der Waals surface area contributed by atoms with Crippen LogP contribution in [0.3, 0.4) is 0 Å². The molecule has 0 spiro atoms. The fourth-order valence-corrected chi connectivity index (χ4v) is 5.25. The Bertz CT molecular complexity index is 1000. The molecule has 9 nitrogen and oxygen atoms in total. The van der Waals surface area contributed by atoms with Crippen molar-refractivity contribution in [3.63, 3.8) is 0 Å². The first kappa shape index (κ1) is 23.1. The van der Waals surface area contributed by atoms with Gasteiger partial charge in [0, 0.05) is 30.4 Å². The predicted molar refractivity (Wildman–Crippen MR) is 113 cm³/mol. The second-order valence-corrected chi connectivity index (χ2v) is 9.76. The Hall–Kier alpha value is -2.15. The zero-order chi connectivity index (χ0) is 21.6. The number of pyridine rings is 1. The first-order valence-corrected chi connectivity index (χ1v) is 11.9. The fraction of sp³-hybridized carbons (Fsp3) is 0.353. The van der Waals surface area contributed by atoms with Crippen molar-refractivity contribution in [1.29, 1.82) is 0 Å². The summed E-state index contributed by atoms with van der Waals surface area (Å²) in [6.07, 6.45) is 2.39. The lowest BCUT2D eigenvalue weighted by Crippen LogP contribution is -2.34. The largest absolute Gasteiger partial charge is 0.384 e. The molecule has 2 aromatic rings. The summed E-state index contributed by atoms with van der Waals surface area (Å²) in [6.45, 7) is 2.28. The number of hydrogen-bond donors (Lipinski definition) is 3. The third kappa shape index (κ3) is 6.16. The number of aromatic nitrogens is 1. The second kappa shape index (κ2) is 10.1. The Morgan fingerprint density at radius 3 is 2.62 bits per heavy atom. The molecule has 2 rings (SSSR count). The highest BCUT2D eigenvalue weighted by atomic mass is 32.2. The summed E-state index contributed by atoms with van der Waals surface area (Å²) in [5.74, 6) is -0.360. The van der Waals surface area contributed by atoms with Crippen LogP contribution in [0.1, 0.15) is 20.9 Å². The molecule has 0 saturated heterocycles. The van der Waals surface area contributed by atoms with Gasteiger partial charge in [0.05, 0.1) is 6.61 Å². The van der Waals surface area contributed by atoms with Gasteiger partial charge in [0.1, 0.15) is 15.7 Å². The Balaban J connectivity index is 2.17. The van der Waals surface area contributed by atoms with E-state index in [4.69, 9.17) is 4.74 Å². The summed E-state index contributed by atoms with van der Waals surface area (Å²) in [5, 5.41) is 4.82. The lowest BCUT2D eigenvalue weighted by Gasteiger charge is -2.09. The van der Waals surface area contributed by atoms with Gasteiger partial charge in [-0.2, -0.15) is 0 Å². The van der Waals surface area contributed by atoms with Gasteiger partial charge in [-0.05, 0) is 36.9 Å². The van der Waals surface area contributed by atoms with E-state index in [2.05, 4.69) is 15.6 Å². The van der Waals surface area contributed by atoms with Crippen LogP contribution in [0.15, 0.2) is 27.3 Å². The van der Waals surface area contributed by atoms with Crippen molar-refractivity contribution in [1.82, 2.24) is 15.0 Å². The van der Waals surface area contributed by atoms with Gasteiger partial charge in [-0.25, -0.2) is 22.9 Å². The molecule has 2 heterocycles. The lowest BCUT2D eigenvalue weighted by molar-refractivity contribution is 0.0958. The molecular formula is C17H22N4O5S3. The number of ether oxygens (including phenoxy) is 1. The zero-order valence-corrected chi connectivity index (χ0v) is 18.8. The molecule has 0 aliphatic carbocycles. The number of methoxy groups -OCH3 is 1. The fourth-order valence-electron chi connectivity index (χ4n) is 2.31. The molecule has 29 heavy (non-hydrogen) atoms. The van der Waals surface area contributed by atoms with Gasteiger partial charge in [-0.3, -0.25) is 10.1 Å². The molecule has 0 fully saturated rings. The first-order valence-electron chi connectivity index (χ1n) is 8.40. The molecule has 3 N–H and O–H groups in total. The molecule has 0 radical (unpaired) electrons. The molecule has 0 aliphatic rings. The number of anilines is 1. The maximum atomic E-state index is 12.5. The predicted octanol–water partition coefficient (Wildman–Crippen LogP) is 2.23. The number of carbonyl (C=O) groups excluding carboxylic acids is 2. The van der Waals surface area contributed by atoms with Crippen molar-refractivity contribution in [3.05, 3.63) is 34.3 Å². The van der Waals surface area contributed by atoms with Crippen molar-refractivity contribution in [2.45, 2.75) is 22.4 Å². The quantitative estimate of drug-likeness (QED) is 0.518. The molecule has 0 unspecified atom stereocenters. The van der Waals surface area contributed by atoms with E-state index >= 15 is 0 Å². The number of nitrogens with zero attached hydrogens (tertiary/aromatic N) is 1. The van der Waals surface area contributed by atoms with Gasteiger partial charge in [0.25, 0.3) is 15.9 Å². The maximum absolute atomic E-state index is 12.5. The monoisotopic (exact) mass is 458 g/mol. The van der Waals surface area contributed by atoms with Gasteiger partial charge in [0.15, 0.2) is 0 Å². The van der Waals surface area contributed by atoms with Crippen LogP contribution in [0.25, 0.3) is 0 Å². The van der Waals surface area contributed by atoms with Crippen LogP contribution in [-0.4, -0.2) is 52.4 Å². The number of nitrogens with one attached hydrogen (secondary N) is 3. The maximum Gasteiger partial charge on any atom is 0.334 e. The van der Waals surface area contributed by atoms with Crippen LogP contribution in [0.4, 0.5) is 10.6 Å². The molecule has 0 saturated carbocycles. The number of thioether (sulfide) groups is 1. The minimum Gasteiger partial charge on any atom is -0.384 e. The highest BCUT2D eigenvalue weighted by molar-refractivity contribution is 7.98. The number of aryl methyl sites for hydroxylation is 1. The van der Waals surface area contributed by atoms with Crippen LogP contribution < -0.4 is 15.4 Å². The summed E-state index contributed by atoms with van der Waals surface area (Å²) in [4.78, 5) is 29.7. The summed E-state index contributed by atoms with van der Waals surface area (Å²) < 4.78 is 32.1. The number of carbonyl (C=O) groups is 2. The number of thiophene rings is 1. The van der Waals surface area contributed by atoms with E-state index < -0.39 is 22.0 Å². The van der Waals surface area contributed by atoms with E-state index in [0.717, 1.165) is 21.8 Å². The molecule has 0 aromatic carbocycles. The van der Waals surface area contributed by atoms with Crippen LogP contribution in [0.2, 0.25) is 0 Å². The van der Waals surface area contributed by atoms with Crippen LogP contribution in [-0.2, 0) is 21.2 Å². The number of rotatable bonds is 8. The smallest absolute Gasteiger partial charge is 0.334 e. The summed E-state index contributed by atoms with van der Waals surface area (Å²) >= 11 is 2.44. The van der Waals surface area contributed by atoms with Crippen molar-refractivity contribution < 1.29 is 22.7 Å². The van der Waals surface area contributed by atoms with Crippen LogP contribution >= 0.6 is 23.1 Å². The Kier molecular flexibility index (Phi) is 8.02.